The smallest absolute Gasteiger partial charge is 0.264 e. The van der Waals surface area contributed by atoms with Crippen molar-refractivity contribution in [3.63, 3.8) is 0 Å². The summed E-state index contributed by atoms with van der Waals surface area (Å²) in [5.74, 6) is 0.398. The topological polar surface area (TPSA) is 75.7 Å². The van der Waals surface area contributed by atoms with Crippen molar-refractivity contribution in [3.05, 3.63) is 88.4 Å². The number of hydrogen-bond donors (Lipinski definition) is 1. The van der Waals surface area contributed by atoms with Gasteiger partial charge in [-0.05, 0) is 79.3 Å². The molecule has 0 saturated carbocycles. The molecule has 1 unspecified atom stereocenters. The van der Waals surface area contributed by atoms with Crippen LogP contribution in [0.5, 0.6) is 5.75 Å². The fraction of sp³-hybridized carbons (Fsp3) is 0.269. The van der Waals surface area contributed by atoms with Crippen LogP contribution in [0.1, 0.15) is 35.6 Å². The van der Waals surface area contributed by atoms with Gasteiger partial charge < -0.3 is 10.1 Å². The molecule has 0 spiro atoms. The third kappa shape index (κ3) is 4.91. The number of anilines is 1. The first kappa shape index (κ1) is 24.1. The Morgan fingerprint density at radius 1 is 1.12 bits per heavy atom. The SMILES string of the molecule is COc1ccc2c(c1)CCCC2NC(=O)CN(c1cccc(Cl)c1C)S(=O)(=O)c1ccccc1. The van der Waals surface area contributed by atoms with Crippen molar-refractivity contribution in [1.29, 1.82) is 0 Å². The zero-order valence-electron chi connectivity index (χ0n) is 19.1. The third-order valence-electron chi connectivity index (χ3n) is 6.13. The quantitative estimate of drug-likeness (QED) is 0.494. The van der Waals surface area contributed by atoms with Gasteiger partial charge in [0.05, 0.1) is 23.7 Å². The Hall–Kier alpha value is -3.03. The van der Waals surface area contributed by atoms with E-state index in [9.17, 15) is 13.2 Å². The lowest BCUT2D eigenvalue weighted by Crippen LogP contribution is -2.42. The van der Waals surface area contributed by atoms with Gasteiger partial charge in [0.25, 0.3) is 10.0 Å². The van der Waals surface area contributed by atoms with Gasteiger partial charge in [-0.3, -0.25) is 9.10 Å². The molecule has 4 rings (SSSR count). The number of ether oxygens (including phenoxy) is 1. The predicted molar refractivity (Wildman–Crippen MR) is 134 cm³/mol. The number of nitrogens with zero attached hydrogens (tertiary/aromatic N) is 1. The lowest BCUT2D eigenvalue weighted by atomic mass is 9.87. The summed E-state index contributed by atoms with van der Waals surface area (Å²) in [7, 11) is -2.37. The molecule has 0 aromatic heterocycles. The second-order valence-electron chi connectivity index (χ2n) is 8.29. The first-order valence-electron chi connectivity index (χ1n) is 11.1. The van der Waals surface area contributed by atoms with Gasteiger partial charge in [0.1, 0.15) is 12.3 Å². The maximum atomic E-state index is 13.6. The average molecular weight is 499 g/mol. The van der Waals surface area contributed by atoms with Crippen LogP contribution in [0.15, 0.2) is 71.6 Å². The molecular formula is C26H27ClN2O4S. The Morgan fingerprint density at radius 2 is 1.88 bits per heavy atom. The first-order valence-corrected chi connectivity index (χ1v) is 12.9. The van der Waals surface area contributed by atoms with Gasteiger partial charge in [0.15, 0.2) is 0 Å². The molecule has 1 amide bonds. The Balaban J connectivity index is 1.64. The molecule has 34 heavy (non-hydrogen) atoms. The Morgan fingerprint density at radius 3 is 2.62 bits per heavy atom. The number of carbonyl (C=O) groups excluding carboxylic acids is 1. The molecule has 8 heteroatoms. The number of sulfonamides is 1. The van der Waals surface area contributed by atoms with Gasteiger partial charge in [-0.1, -0.05) is 41.9 Å². The minimum absolute atomic E-state index is 0.109. The molecule has 0 bridgehead atoms. The molecule has 3 aromatic rings. The van der Waals surface area contributed by atoms with Crippen LogP contribution in [0.2, 0.25) is 5.02 Å². The van der Waals surface area contributed by atoms with Crippen LogP contribution < -0.4 is 14.4 Å². The molecule has 1 N–H and O–H groups in total. The number of fused-ring (bicyclic) bond motifs is 1. The summed E-state index contributed by atoms with van der Waals surface area (Å²) in [5, 5.41) is 3.48. The maximum Gasteiger partial charge on any atom is 0.264 e. The zero-order chi connectivity index (χ0) is 24.3. The van der Waals surface area contributed by atoms with E-state index in [-0.39, 0.29) is 23.4 Å². The maximum absolute atomic E-state index is 13.6. The molecule has 0 radical (unpaired) electrons. The van der Waals surface area contributed by atoms with Gasteiger partial charge in [0, 0.05) is 5.02 Å². The van der Waals surface area contributed by atoms with Gasteiger partial charge in [0.2, 0.25) is 5.91 Å². The fourth-order valence-electron chi connectivity index (χ4n) is 4.32. The molecule has 0 fully saturated rings. The third-order valence-corrected chi connectivity index (χ3v) is 8.31. The van der Waals surface area contributed by atoms with Crippen molar-refractivity contribution in [2.75, 3.05) is 18.0 Å². The molecule has 6 nitrogen and oxygen atoms in total. The number of hydrogen-bond acceptors (Lipinski definition) is 4. The Bertz CT molecular complexity index is 1300. The summed E-state index contributed by atoms with van der Waals surface area (Å²) in [5.41, 5.74) is 3.14. The van der Waals surface area contributed by atoms with Crippen LogP contribution in [-0.4, -0.2) is 28.0 Å². The van der Waals surface area contributed by atoms with Gasteiger partial charge >= 0.3 is 0 Å². The summed E-state index contributed by atoms with van der Waals surface area (Å²) in [6.45, 7) is 1.38. The number of carbonyl (C=O) groups is 1. The molecule has 3 aromatic carbocycles. The number of rotatable bonds is 7. The van der Waals surface area contributed by atoms with Crippen molar-refractivity contribution in [2.45, 2.75) is 37.1 Å². The molecule has 0 aliphatic heterocycles. The lowest BCUT2D eigenvalue weighted by Gasteiger charge is -2.29. The molecule has 1 aliphatic rings. The second-order valence-corrected chi connectivity index (χ2v) is 10.6. The molecule has 178 valence electrons. The average Bonchev–Trinajstić information content (AvgIpc) is 2.85. The van der Waals surface area contributed by atoms with E-state index < -0.39 is 10.0 Å². The van der Waals surface area contributed by atoms with Gasteiger partial charge in [-0.25, -0.2) is 8.42 Å². The number of benzene rings is 3. The molecule has 1 atom stereocenters. The lowest BCUT2D eigenvalue weighted by molar-refractivity contribution is -0.120. The summed E-state index contributed by atoms with van der Waals surface area (Å²) < 4.78 is 33.6. The molecule has 1 aliphatic carbocycles. The highest BCUT2D eigenvalue weighted by molar-refractivity contribution is 7.92. The largest absolute Gasteiger partial charge is 0.497 e. The number of methoxy groups -OCH3 is 1. The number of amides is 1. The highest BCUT2D eigenvalue weighted by atomic mass is 35.5. The monoisotopic (exact) mass is 498 g/mol. The summed E-state index contributed by atoms with van der Waals surface area (Å²) >= 11 is 6.29. The number of aryl methyl sites for hydroxylation is 1. The minimum atomic E-state index is -4.00. The van der Waals surface area contributed by atoms with Crippen molar-refractivity contribution in [1.82, 2.24) is 5.32 Å². The van der Waals surface area contributed by atoms with Gasteiger partial charge in [-0.2, -0.15) is 0 Å². The highest BCUT2D eigenvalue weighted by Gasteiger charge is 2.30. The summed E-state index contributed by atoms with van der Waals surface area (Å²) in [4.78, 5) is 13.3. The van der Waals surface area contributed by atoms with E-state index in [0.29, 0.717) is 16.3 Å². The van der Waals surface area contributed by atoms with Crippen LogP contribution >= 0.6 is 11.6 Å². The zero-order valence-corrected chi connectivity index (χ0v) is 20.7. The summed E-state index contributed by atoms with van der Waals surface area (Å²) in [6, 6.07) is 18.8. The van der Waals surface area contributed by atoms with Crippen molar-refractivity contribution in [2.24, 2.45) is 0 Å². The number of halogens is 1. The number of nitrogens with one attached hydrogen (secondary N) is 1. The van der Waals surface area contributed by atoms with Crippen LogP contribution in [-0.2, 0) is 21.2 Å². The summed E-state index contributed by atoms with van der Waals surface area (Å²) in [6.07, 6.45) is 2.62. The van der Waals surface area contributed by atoms with Crippen molar-refractivity contribution < 1.29 is 17.9 Å². The van der Waals surface area contributed by atoms with Crippen LogP contribution in [0, 0.1) is 6.92 Å². The normalized spacial score (nSPS) is 15.3. The minimum Gasteiger partial charge on any atom is -0.497 e. The van der Waals surface area contributed by atoms with E-state index in [1.54, 1.807) is 50.4 Å². The highest BCUT2D eigenvalue weighted by Crippen LogP contribution is 2.33. The van der Waals surface area contributed by atoms with E-state index in [1.165, 1.54) is 12.1 Å². The van der Waals surface area contributed by atoms with E-state index in [2.05, 4.69) is 5.32 Å². The molecule has 0 heterocycles. The fourth-order valence-corrected chi connectivity index (χ4v) is 5.99. The van der Waals surface area contributed by atoms with Crippen LogP contribution in [0.3, 0.4) is 0 Å². The van der Waals surface area contributed by atoms with Crippen molar-refractivity contribution >= 4 is 33.2 Å². The first-order chi connectivity index (χ1) is 16.3. The molecule has 0 saturated heterocycles. The Labute approximate surface area is 205 Å². The Kier molecular flexibility index (Phi) is 7.14. The van der Waals surface area contributed by atoms with Crippen LogP contribution in [0.25, 0.3) is 0 Å². The van der Waals surface area contributed by atoms with Crippen LogP contribution in [0.4, 0.5) is 5.69 Å². The van der Waals surface area contributed by atoms with E-state index in [0.717, 1.165) is 40.4 Å². The van der Waals surface area contributed by atoms with E-state index >= 15 is 0 Å². The molecular weight excluding hydrogens is 472 g/mol. The van der Waals surface area contributed by atoms with E-state index in [4.69, 9.17) is 16.3 Å². The van der Waals surface area contributed by atoms with E-state index in [1.807, 2.05) is 18.2 Å². The predicted octanol–water partition coefficient (Wildman–Crippen LogP) is 5.05. The van der Waals surface area contributed by atoms with Crippen molar-refractivity contribution in [3.8, 4) is 5.75 Å². The van der Waals surface area contributed by atoms with Gasteiger partial charge in [-0.15, -0.1) is 0 Å². The second kappa shape index (κ2) is 10.1. The standard InChI is InChI=1S/C26H27ClN2O4S/c1-18-23(27)11-7-13-25(18)29(34(31,32)21-9-4-3-5-10-21)17-26(30)28-24-12-6-8-19-16-20(33-2)14-15-22(19)24/h3-5,7,9-11,13-16,24H,6,8,12,17H2,1-2H3,(H,28,30).